The van der Waals surface area contributed by atoms with E-state index in [4.69, 9.17) is 14.2 Å². The van der Waals surface area contributed by atoms with E-state index in [0.29, 0.717) is 19.6 Å². The Balaban J connectivity index is 2.59. The molecule has 0 aliphatic carbocycles. The molecule has 0 aromatic heterocycles. The molecule has 5 heteroatoms. The fraction of sp³-hybridized carbons (Fsp3) is 0.600. The van der Waals surface area contributed by atoms with Crippen LogP contribution >= 0.6 is 0 Å². The lowest BCUT2D eigenvalue weighted by atomic mass is 10.1. The molecule has 2 atom stereocenters. The Labute approximate surface area is 120 Å². The van der Waals surface area contributed by atoms with Crippen molar-refractivity contribution in [2.45, 2.75) is 25.5 Å². The highest BCUT2D eigenvalue weighted by Gasteiger charge is 2.13. The third kappa shape index (κ3) is 5.00. The van der Waals surface area contributed by atoms with Crippen LogP contribution in [-0.2, 0) is 4.74 Å². The highest BCUT2D eigenvalue weighted by atomic mass is 16.5. The van der Waals surface area contributed by atoms with Gasteiger partial charge in [-0.25, -0.2) is 0 Å². The molecule has 0 saturated carbocycles. The van der Waals surface area contributed by atoms with Gasteiger partial charge in [0, 0.05) is 18.7 Å². The maximum atomic E-state index is 9.61. The fourth-order valence-corrected chi connectivity index (χ4v) is 2.03. The third-order valence-electron chi connectivity index (χ3n) is 3.19. The van der Waals surface area contributed by atoms with Crippen molar-refractivity contribution in [3.05, 3.63) is 23.8 Å². The average molecular weight is 283 g/mol. The predicted molar refractivity (Wildman–Crippen MR) is 78.5 cm³/mol. The van der Waals surface area contributed by atoms with Crippen LogP contribution in [0.1, 0.15) is 24.9 Å². The number of ether oxygens (including phenoxy) is 3. The fourth-order valence-electron chi connectivity index (χ4n) is 2.03. The van der Waals surface area contributed by atoms with Gasteiger partial charge in [0.1, 0.15) is 11.5 Å². The molecule has 2 unspecified atom stereocenters. The zero-order chi connectivity index (χ0) is 15.0. The molecule has 0 bridgehead atoms. The molecule has 0 radical (unpaired) electrons. The Hall–Kier alpha value is -1.30. The van der Waals surface area contributed by atoms with E-state index < -0.39 is 6.10 Å². The van der Waals surface area contributed by atoms with Crippen molar-refractivity contribution >= 4 is 0 Å². The SMILES string of the molecule is COCC(O)CCNC(C)c1cc(OC)ccc1OC. The summed E-state index contributed by atoms with van der Waals surface area (Å²) in [6, 6.07) is 5.83. The Morgan fingerprint density at radius 2 is 1.95 bits per heavy atom. The van der Waals surface area contributed by atoms with Gasteiger partial charge in [0.2, 0.25) is 0 Å². The average Bonchev–Trinajstić information content (AvgIpc) is 2.46. The number of aliphatic hydroxyl groups is 1. The molecule has 20 heavy (non-hydrogen) atoms. The molecular formula is C15H25NO4. The quantitative estimate of drug-likeness (QED) is 0.723. The highest BCUT2D eigenvalue weighted by Crippen LogP contribution is 2.29. The van der Waals surface area contributed by atoms with Crippen molar-refractivity contribution in [3.8, 4) is 11.5 Å². The number of hydrogen-bond acceptors (Lipinski definition) is 5. The summed E-state index contributed by atoms with van der Waals surface area (Å²) in [5, 5.41) is 13.0. The number of methoxy groups -OCH3 is 3. The highest BCUT2D eigenvalue weighted by molar-refractivity contribution is 5.42. The zero-order valence-corrected chi connectivity index (χ0v) is 12.7. The lowest BCUT2D eigenvalue weighted by Gasteiger charge is -2.19. The van der Waals surface area contributed by atoms with Gasteiger partial charge in [0.05, 0.1) is 26.9 Å². The van der Waals surface area contributed by atoms with Crippen LogP contribution < -0.4 is 14.8 Å². The van der Waals surface area contributed by atoms with E-state index in [-0.39, 0.29) is 6.04 Å². The van der Waals surface area contributed by atoms with E-state index in [9.17, 15) is 5.11 Å². The molecular weight excluding hydrogens is 258 g/mol. The molecule has 5 nitrogen and oxygen atoms in total. The number of aliphatic hydroxyl groups excluding tert-OH is 1. The largest absolute Gasteiger partial charge is 0.497 e. The number of hydrogen-bond donors (Lipinski definition) is 2. The van der Waals surface area contributed by atoms with E-state index in [2.05, 4.69) is 12.2 Å². The lowest BCUT2D eigenvalue weighted by molar-refractivity contribution is 0.0590. The van der Waals surface area contributed by atoms with E-state index in [1.807, 2.05) is 18.2 Å². The molecule has 0 fully saturated rings. The van der Waals surface area contributed by atoms with Crippen LogP contribution in [0.2, 0.25) is 0 Å². The zero-order valence-electron chi connectivity index (χ0n) is 12.7. The van der Waals surface area contributed by atoms with Gasteiger partial charge < -0.3 is 24.6 Å². The molecule has 0 aliphatic rings. The Morgan fingerprint density at radius 1 is 1.20 bits per heavy atom. The second-order valence-corrected chi connectivity index (χ2v) is 4.68. The standard InChI is InChI=1S/C15H25NO4/c1-11(16-8-7-12(17)10-18-2)14-9-13(19-3)5-6-15(14)20-4/h5-6,9,11-12,16-17H,7-8,10H2,1-4H3. The van der Waals surface area contributed by atoms with E-state index >= 15 is 0 Å². The molecule has 0 aliphatic heterocycles. The van der Waals surface area contributed by atoms with E-state index in [1.54, 1.807) is 21.3 Å². The van der Waals surface area contributed by atoms with E-state index in [0.717, 1.165) is 17.1 Å². The molecule has 0 spiro atoms. The number of benzene rings is 1. The van der Waals surface area contributed by atoms with Crippen molar-refractivity contribution in [1.82, 2.24) is 5.32 Å². The predicted octanol–water partition coefficient (Wildman–Crippen LogP) is 1.75. The second kappa shape index (κ2) is 8.79. The topological polar surface area (TPSA) is 60.0 Å². The first-order chi connectivity index (χ1) is 9.62. The van der Waals surface area contributed by atoms with E-state index in [1.165, 1.54) is 0 Å². The summed E-state index contributed by atoms with van der Waals surface area (Å²) >= 11 is 0. The first-order valence-corrected chi connectivity index (χ1v) is 6.74. The maximum Gasteiger partial charge on any atom is 0.123 e. The van der Waals surface area contributed by atoms with Gasteiger partial charge in [-0.1, -0.05) is 0 Å². The van der Waals surface area contributed by atoms with Gasteiger partial charge in [0.25, 0.3) is 0 Å². The maximum absolute atomic E-state index is 9.61. The van der Waals surface area contributed by atoms with Crippen molar-refractivity contribution in [1.29, 1.82) is 0 Å². The lowest BCUT2D eigenvalue weighted by Crippen LogP contribution is -2.25. The van der Waals surface area contributed by atoms with Crippen molar-refractivity contribution in [3.63, 3.8) is 0 Å². The minimum atomic E-state index is -0.438. The number of rotatable bonds is 9. The summed E-state index contributed by atoms with van der Waals surface area (Å²) in [5.74, 6) is 1.62. The van der Waals surface area contributed by atoms with Crippen LogP contribution in [0.5, 0.6) is 11.5 Å². The van der Waals surface area contributed by atoms with Gasteiger partial charge in [-0.2, -0.15) is 0 Å². The normalized spacial score (nSPS) is 13.8. The smallest absolute Gasteiger partial charge is 0.123 e. The summed E-state index contributed by atoms with van der Waals surface area (Å²) in [7, 11) is 4.88. The molecule has 2 N–H and O–H groups in total. The van der Waals surface area contributed by atoms with Gasteiger partial charge in [-0.3, -0.25) is 0 Å². The van der Waals surface area contributed by atoms with Crippen LogP contribution in [-0.4, -0.2) is 45.7 Å². The first kappa shape index (κ1) is 16.8. The molecule has 1 aromatic carbocycles. The van der Waals surface area contributed by atoms with Crippen LogP contribution in [0.15, 0.2) is 18.2 Å². The first-order valence-electron chi connectivity index (χ1n) is 6.74. The summed E-state index contributed by atoms with van der Waals surface area (Å²) in [4.78, 5) is 0. The van der Waals surface area contributed by atoms with Crippen molar-refractivity contribution in [2.75, 3.05) is 34.5 Å². The number of nitrogens with one attached hydrogen (secondary N) is 1. The minimum Gasteiger partial charge on any atom is -0.497 e. The molecule has 0 amide bonds. The van der Waals surface area contributed by atoms with Gasteiger partial charge in [0.15, 0.2) is 0 Å². The van der Waals surface area contributed by atoms with Gasteiger partial charge in [-0.15, -0.1) is 0 Å². The Kier molecular flexibility index (Phi) is 7.36. The second-order valence-electron chi connectivity index (χ2n) is 4.68. The Morgan fingerprint density at radius 3 is 2.55 bits per heavy atom. The molecule has 1 aromatic rings. The van der Waals surface area contributed by atoms with Gasteiger partial charge in [-0.05, 0) is 38.1 Å². The molecule has 0 saturated heterocycles. The van der Waals surface area contributed by atoms with Crippen LogP contribution in [0, 0.1) is 0 Å². The summed E-state index contributed by atoms with van der Waals surface area (Å²) in [6.45, 7) is 3.12. The summed E-state index contributed by atoms with van der Waals surface area (Å²) in [6.07, 6.45) is 0.205. The minimum absolute atomic E-state index is 0.106. The molecule has 0 heterocycles. The summed E-state index contributed by atoms with van der Waals surface area (Å²) < 4.78 is 15.5. The van der Waals surface area contributed by atoms with Crippen LogP contribution in [0.3, 0.4) is 0 Å². The third-order valence-corrected chi connectivity index (χ3v) is 3.19. The van der Waals surface area contributed by atoms with Crippen molar-refractivity contribution in [2.24, 2.45) is 0 Å². The van der Waals surface area contributed by atoms with Crippen LogP contribution in [0.25, 0.3) is 0 Å². The molecule has 114 valence electrons. The molecule has 1 rings (SSSR count). The van der Waals surface area contributed by atoms with Crippen molar-refractivity contribution < 1.29 is 19.3 Å². The monoisotopic (exact) mass is 283 g/mol. The Bertz CT molecular complexity index is 397. The van der Waals surface area contributed by atoms with Crippen LogP contribution in [0.4, 0.5) is 0 Å². The van der Waals surface area contributed by atoms with Gasteiger partial charge >= 0.3 is 0 Å². The summed E-state index contributed by atoms with van der Waals surface area (Å²) in [5.41, 5.74) is 1.04.